The Bertz CT molecular complexity index is 1320. The van der Waals surface area contributed by atoms with Crippen LogP contribution in [0.1, 0.15) is 30.1 Å². The highest BCUT2D eigenvalue weighted by atomic mass is 79.9. The van der Waals surface area contributed by atoms with Gasteiger partial charge in [-0.3, -0.25) is 0 Å². The minimum atomic E-state index is -0.343. The Labute approximate surface area is 210 Å². The second-order valence-corrected chi connectivity index (χ2v) is 8.96. The molecule has 4 heterocycles. The van der Waals surface area contributed by atoms with Crippen molar-refractivity contribution in [1.82, 2.24) is 34.6 Å². The van der Waals surface area contributed by atoms with Crippen molar-refractivity contribution in [2.45, 2.75) is 25.4 Å². The summed E-state index contributed by atoms with van der Waals surface area (Å²) in [4.78, 5) is 32.4. The molecule has 2 N–H and O–H groups in total. The number of aromatic nitrogens is 6. The highest BCUT2D eigenvalue weighted by Crippen LogP contribution is 2.30. The summed E-state index contributed by atoms with van der Waals surface area (Å²) in [6.07, 6.45) is 4.53. The second kappa shape index (κ2) is 10.2. The number of halogens is 1. The number of nitrogens with two attached hydrogens (primary N) is 1. The van der Waals surface area contributed by atoms with Crippen molar-refractivity contribution >= 4 is 27.8 Å². The lowest BCUT2D eigenvalue weighted by atomic mass is 9.97. The zero-order valence-corrected chi connectivity index (χ0v) is 20.4. The molecule has 1 aliphatic heterocycles. The summed E-state index contributed by atoms with van der Waals surface area (Å²) in [6, 6.07) is 15.2. The number of amides is 1. The average molecular weight is 535 g/mol. The standard InChI is InChI=1S/C24H23BrN8O2/c25-18-13-28-21(26)20(29-18)22-30-23(33(31-22)19-10-4-5-11-27-19)17-9-6-12-32(14-17)24(34)35-15-16-7-2-1-3-8-16/h1-5,7-8,10-11,13,17H,6,9,12,14-15H2,(H2,26,28). The van der Waals surface area contributed by atoms with Gasteiger partial charge >= 0.3 is 6.09 Å². The number of hydrogen-bond acceptors (Lipinski definition) is 8. The zero-order valence-electron chi connectivity index (χ0n) is 18.8. The van der Waals surface area contributed by atoms with Gasteiger partial charge in [0.1, 0.15) is 17.0 Å². The van der Waals surface area contributed by atoms with Crippen molar-refractivity contribution in [2.24, 2.45) is 0 Å². The Hall–Kier alpha value is -3.86. The van der Waals surface area contributed by atoms with Gasteiger partial charge in [0.25, 0.3) is 0 Å². The maximum atomic E-state index is 12.8. The number of ether oxygens (including phenoxy) is 1. The molecule has 1 unspecified atom stereocenters. The van der Waals surface area contributed by atoms with Crippen molar-refractivity contribution < 1.29 is 9.53 Å². The third-order valence-electron chi connectivity index (χ3n) is 5.73. The minimum absolute atomic E-state index is 0.0716. The van der Waals surface area contributed by atoms with Crippen LogP contribution in [0.4, 0.5) is 10.6 Å². The Kier molecular flexibility index (Phi) is 6.66. The summed E-state index contributed by atoms with van der Waals surface area (Å²) >= 11 is 3.33. The molecule has 5 rings (SSSR count). The summed E-state index contributed by atoms with van der Waals surface area (Å²) in [5.41, 5.74) is 7.40. The molecule has 1 saturated heterocycles. The van der Waals surface area contributed by atoms with Crippen molar-refractivity contribution in [3.8, 4) is 17.3 Å². The van der Waals surface area contributed by atoms with E-state index in [0.29, 0.717) is 40.9 Å². The van der Waals surface area contributed by atoms with Gasteiger partial charge in [-0.25, -0.2) is 24.7 Å². The number of pyridine rings is 1. The van der Waals surface area contributed by atoms with E-state index in [0.717, 1.165) is 18.4 Å². The first kappa shape index (κ1) is 22.9. The Morgan fingerprint density at radius 3 is 2.74 bits per heavy atom. The predicted octanol–water partition coefficient (Wildman–Crippen LogP) is 3.98. The van der Waals surface area contributed by atoms with E-state index >= 15 is 0 Å². The number of carbonyl (C=O) groups is 1. The summed E-state index contributed by atoms with van der Waals surface area (Å²) in [5, 5.41) is 4.68. The highest BCUT2D eigenvalue weighted by Gasteiger charge is 2.31. The molecule has 0 saturated carbocycles. The SMILES string of the molecule is Nc1ncc(Br)nc1-c1nc(C2CCCN(C(=O)OCc3ccccc3)C2)n(-c2ccccn2)n1. The molecule has 3 aromatic heterocycles. The first-order valence-electron chi connectivity index (χ1n) is 11.2. The Balaban J connectivity index is 1.42. The molecule has 1 aromatic carbocycles. The first-order valence-corrected chi connectivity index (χ1v) is 12.0. The van der Waals surface area contributed by atoms with Gasteiger partial charge in [0, 0.05) is 25.2 Å². The molecule has 1 amide bonds. The highest BCUT2D eigenvalue weighted by molar-refractivity contribution is 9.10. The molecule has 0 spiro atoms. The van der Waals surface area contributed by atoms with E-state index in [-0.39, 0.29) is 24.4 Å². The molecule has 11 heteroatoms. The van der Waals surface area contributed by atoms with Gasteiger partial charge in [0.05, 0.1) is 6.20 Å². The molecule has 0 bridgehead atoms. The van der Waals surface area contributed by atoms with Crippen LogP contribution < -0.4 is 5.73 Å². The zero-order chi connectivity index (χ0) is 24.2. The van der Waals surface area contributed by atoms with E-state index < -0.39 is 0 Å². The summed E-state index contributed by atoms with van der Waals surface area (Å²) < 4.78 is 7.79. The summed E-state index contributed by atoms with van der Waals surface area (Å²) in [5.74, 6) is 1.80. The van der Waals surface area contributed by atoms with Crippen LogP contribution in [-0.4, -0.2) is 53.8 Å². The molecule has 0 radical (unpaired) electrons. The number of rotatable bonds is 5. The number of carbonyl (C=O) groups excluding carboxylic acids is 1. The van der Waals surface area contributed by atoms with Crippen LogP contribution in [0.15, 0.2) is 65.5 Å². The van der Waals surface area contributed by atoms with Crippen molar-refractivity contribution in [3.63, 3.8) is 0 Å². The molecular formula is C24H23BrN8O2. The Morgan fingerprint density at radius 2 is 1.94 bits per heavy atom. The fraction of sp³-hybridized carbons (Fsp3) is 0.250. The van der Waals surface area contributed by atoms with Gasteiger partial charge in [-0.1, -0.05) is 36.4 Å². The number of piperidine rings is 1. The largest absolute Gasteiger partial charge is 0.445 e. The topological polar surface area (TPSA) is 125 Å². The van der Waals surface area contributed by atoms with Crippen LogP contribution in [0.3, 0.4) is 0 Å². The van der Waals surface area contributed by atoms with Gasteiger partial charge in [0.15, 0.2) is 17.3 Å². The maximum Gasteiger partial charge on any atom is 0.410 e. The number of anilines is 1. The van der Waals surface area contributed by atoms with Crippen LogP contribution in [-0.2, 0) is 11.3 Å². The van der Waals surface area contributed by atoms with Gasteiger partial charge in [-0.05, 0) is 46.5 Å². The molecular weight excluding hydrogens is 512 g/mol. The maximum absolute atomic E-state index is 12.8. The smallest absolute Gasteiger partial charge is 0.410 e. The van der Waals surface area contributed by atoms with Crippen LogP contribution in [0.5, 0.6) is 0 Å². The van der Waals surface area contributed by atoms with E-state index in [1.165, 1.54) is 6.20 Å². The monoisotopic (exact) mass is 534 g/mol. The van der Waals surface area contributed by atoms with Crippen LogP contribution >= 0.6 is 15.9 Å². The van der Waals surface area contributed by atoms with E-state index in [4.69, 9.17) is 15.5 Å². The quantitative estimate of drug-likeness (QED) is 0.407. The number of benzene rings is 1. The van der Waals surface area contributed by atoms with E-state index in [2.05, 4.69) is 36.0 Å². The number of likely N-dealkylation sites (tertiary alicyclic amines) is 1. The summed E-state index contributed by atoms with van der Waals surface area (Å²) in [7, 11) is 0. The first-order chi connectivity index (χ1) is 17.1. The normalized spacial score (nSPS) is 15.7. The van der Waals surface area contributed by atoms with Gasteiger partial charge in [0.2, 0.25) is 5.82 Å². The van der Waals surface area contributed by atoms with Gasteiger partial charge in [-0.2, -0.15) is 4.68 Å². The van der Waals surface area contributed by atoms with Gasteiger partial charge < -0.3 is 15.4 Å². The minimum Gasteiger partial charge on any atom is -0.445 e. The van der Waals surface area contributed by atoms with Crippen molar-refractivity contribution in [2.75, 3.05) is 18.8 Å². The Morgan fingerprint density at radius 1 is 1.11 bits per heavy atom. The van der Waals surface area contributed by atoms with E-state index in [9.17, 15) is 4.79 Å². The molecule has 10 nitrogen and oxygen atoms in total. The lowest BCUT2D eigenvalue weighted by Crippen LogP contribution is -2.40. The molecule has 0 aliphatic carbocycles. The van der Waals surface area contributed by atoms with E-state index in [1.807, 2.05) is 48.5 Å². The number of nitrogens with zero attached hydrogens (tertiary/aromatic N) is 7. The summed E-state index contributed by atoms with van der Waals surface area (Å²) in [6.45, 7) is 1.31. The van der Waals surface area contributed by atoms with Crippen molar-refractivity contribution in [3.05, 3.63) is 76.9 Å². The number of nitrogen functional groups attached to an aromatic ring is 1. The third-order valence-corrected chi connectivity index (χ3v) is 6.11. The van der Waals surface area contributed by atoms with Crippen LogP contribution in [0.25, 0.3) is 17.3 Å². The third kappa shape index (κ3) is 5.14. The van der Waals surface area contributed by atoms with Crippen LogP contribution in [0.2, 0.25) is 0 Å². The molecule has 4 aromatic rings. The lowest BCUT2D eigenvalue weighted by molar-refractivity contribution is 0.0851. The molecule has 1 aliphatic rings. The van der Waals surface area contributed by atoms with Crippen molar-refractivity contribution in [1.29, 1.82) is 0 Å². The lowest BCUT2D eigenvalue weighted by Gasteiger charge is -2.31. The second-order valence-electron chi connectivity index (χ2n) is 8.15. The fourth-order valence-corrected chi connectivity index (χ4v) is 4.32. The molecule has 1 atom stereocenters. The van der Waals surface area contributed by atoms with E-state index in [1.54, 1.807) is 15.8 Å². The molecule has 35 heavy (non-hydrogen) atoms. The fourth-order valence-electron chi connectivity index (χ4n) is 4.04. The molecule has 1 fully saturated rings. The van der Waals surface area contributed by atoms with Gasteiger partial charge in [-0.15, -0.1) is 5.10 Å². The molecule has 178 valence electrons. The number of hydrogen-bond donors (Lipinski definition) is 1. The predicted molar refractivity (Wildman–Crippen MR) is 132 cm³/mol. The average Bonchev–Trinajstić information content (AvgIpc) is 3.35. The van der Waals surface area contributed by atoms with Crippen LogP contribution in [0, 0.1) is 0 Å².